The molecule has 0 aliphatic heterocycles. The smallest absolute Gasteiger partial charge is 0.411 e. The molecule has 0 saturated heterocycles. The number of hydrogen-bond donors (Lipinski definition) is 2. The lowest BCUT2D eigenvalue weighted by Crippen LogP contribution is -2.19. The van der Waals surface area contributed by atoms with Gasteiger partial charge in [-0.3, -0.25) is 10.1 Å². The van der Waals surface area contributed by atoms with Gasteiger partial charge in [0.15, 0.2) is 11.6 Å². The third kappa shape index (κ3) is 5.65. The molecule has 3 heterocycles. The minimum Gasteiger partial charge on any atom is -0.487 e. The second-order valence-corrected chi connectivity index (χ2v) is 9.16. The number of benzene rings is 2. The zero-order chi connectivity index (χ0) is 27.5. The normalized spacial score (nSPS) is 10.9. The van der Waals surface area contributed by atoms with Crippen LogP contribution in [0.2, 0.25) is 0 Å². The van der Waals surface area contributed by atoms with Crippen LogP contribution in [0.3, 0.4) is 0 Å². The van der Waals surface area contributed by atoms with Crippen molar-refractivity contribution < 1.29 is 28.2 Å². The molecule has 0 spiro atoms. The van der Waals surface area contributed by atoms with Gasteiger partial charge in [0.1, 0.15) is 18.2 Å². The quantitative estimate of drug-likeness (QED) is 0.271. The molecule has 0 atom stereocenters. The van der Waals surface area contributed by atoms with Gasteiger partial charge in [0.05, 0.1) is 52.6 Å². The Morgan fingerprint density at radius 1 is 1.03 bits per heavy atom. The van der Waals surface area contributed by atoms with Crippen LogP contribution in [0.5, 0.6) is 11.6 Å². The van der Waals surface area contributed by atoms with Gasteiger partial charge in [0.2, 0.25) is 11.7 Å². The van der Waals surface area contributed by atoms with E-state index >= 15 is 0 Å². The Hall–Kier alpha value is -4.98. The van der Waals surface area contributed by atoms with E-state index in [9.17, 15) is 14.0 Å². The number of aryl methyl sites for hydroxylation is 1. The first-order valence-corrected chi connectivity index (χ1v) is 12.2. The molecule has 39 heavy (non-hydrogen) atoms. The molecule has 14 heteroatoms. The minimum atomic E-state index is -0.803. The molecule has 0 aliphatic rings. The van der Waals surface area contributed by atoms with E-state index < -0.39 is 17.8 Å². The monoisotopic (exact) mass is 549 g/mol. The van der Waals surface area contributed by atoms with Gasteiger partial charge < -0.3 is 19.9 Å². The fourth-order valence-corrected chi connectivity index (χ4v) is 4.62. The number of aromatic nitrogens is 5. The first-order valence-electron chi connectivity index (χ1n) is 11.4. The maximum absolute atomic E-state index is 14.7. The molecule has 5 aromatic rings. The van der Waals surface area contributed by atoms with E-state index in [4.69, 9.17) is 19.9 Å². The summed E-state index contributed by atoms with van der Waals surface area (Å²) in [6.45, 7) is 1.69. The molecule has 0 radical (unpaired) electrons. The Bertz CT molecular complexity index is 1710. The lowest BCUT2D eigenvalue weighted by atomic mass is 10.1. The highest BCUT2D eigenvalue weighted by atomic mass is 32.1. The fourth-order valence-electron chi connectivity index (χ4n) is 3.62. The van der Waals surface area contributed by atoms with Gasteiger partial charge in [-0.15, -0.1) is 11.3 Å². The summed E-state index contributed by atoms with van der Waals surface area (Å²) < 4.78 is 31.1. The number of anilines is 1. The molecule has 0 fully saturated rings. The topological polar surface area (TPSA) is 164 Å². The first kappa shape index (κ1) is 25.7. The standard InChI is InChI=1S/C25H20FN7O5S/c1-12-5-14(21-17(6-12)32-20(36-2)11-28-21)24-33-16-7-15(26)18(8-19(16)39-24)37-3-4-38-25(35)31-13-9-29-23(22(27)34)30-10-13/h5-11H,3-4H2,1-2H3,(H2,27,34)(H,31,35). The summed E-state index contributed by atoms with van der Waals surface area (Å²) in [5.74, 6) is -1.18. The van der Waals surface area contributed by atoms with E-state index in [1.54, 1.807) is 6.07 Å². The van der Waals surface area contributed by atoms with Crippen LogP contribution in [0, 0.1) is 12.7 Å². The summed E-state index contributed by atoms with van der Waals surface area (Å²) in [6.07, 6.45) is 3.16. The fraction of sp³-hybridized carbons (Fsp3) is 0.160. The first-order chi connectivity index (χ1) is 18.8. The highest BCUT2D eigenvalue weighted by Crippen LogP contribution is 2.37. The van der Waals surface area contributed by atoms with Crippen molar-refractivity contribution in [3.8, 4) is 22.2 Å². The number of fused-ring (bicyclic) bond motifs is 2. The average Bonchev–Trinajstić information content (AvgIpc) is 3.33. The van der Waals surface area contributed by atoms with Gasteiger partial charge in [-0.05, 0) is 24.6 Å². The van der Waals surface area contributed by atoms with Crippen LogP contribution >= 0.6 is 11.3 Å². The second-order valence-electron chi connectivity index (χ2n) is 8.13. The van der Waals surface area contributed by atoms with Gasteiger partial charge in [-0.2, -0.15) is 0 Å². The molecule has 12 nitrogen and oxygen atoms in total. The predicted octanol–water partition coefficient (Wildman–Crippen LogP) is 3.88. The number of carbonyl (C=O) groups is 2. The molecule has 2 aromatic carbocycles. The molecule has 0 aliphatic carbocycles. The third-order valence-corrected chi connectivity index (χ3v) is 6.39. The van der Waals surface area contributed by atoms with Crippen LogP contribution < -0.4 is 20.5 Å². The number of nitrogens with zero attached hydrogens (tertiary/aromatic N) is 5. The number of hydrogen-bond acceptors (Lipinski definition) is 11. The van der Waals surface area contributed by atoms with Crippen molar-refractivity contribution in [1.82, 2.24) is 24.9 Å². The minimum absolute atomic E-state index is 0.00391. The molecule has 0 unspecified atom stereocenters. The van der Waals surface area contributed by atoms with Gasteiger partial charge in [-0.25, -0.2) is 34.1 Å². The number of methoxy groups -OCH3 is 1. The number of halogens is 1. The third-order valence-electron chi connectivity index (χ3n) is 5.34. The van der Waals surface area contributed by atoms with Crippen LogP contribution in [0.25, 0.3) is 31.8 Å². The van der Waals surface area contributed by atoms with E-state index in [0.29, 0.717) is 32.1 Å². The maximum Gasteiger partial charge on any atom is 0.411 e. The lowest BCUT2D eigenvalue weighted by Gasteiger charge is -2.09. The lowest BCUT2D eigenvalue weighted by molar-refractivity contribution is 0.0990. The van der Waals surface area contributed by atoms with Crippen LogP contribution in [-0.4, -0.2) is 57.2 Å². The van der Waals surface area contributed by atoms with Crippen molar-refractivity contribution >= 4 is 50.3 Å². The van der Waals surface area contributed by atoms with Crippen molar-refractivity contribution in [2.24, 2.45) is 5.73 Å². The van der Waals surface area contributed by atoms with E-state index in [2.05, 4.69) is 30.2 Å². The zero-order valence-electron chi connectivity index (χ0n) is 20.6. The number of primary amides is 1. The SMILES string of the molecule is COc1cnc2c(-c3nc4cc(F)c(OCCOC(=O)Nc5cnc(C(N)=O)nc5)cc4s3)cc(C)cc2n1. The zero-order valence-corrected chi connectivity index (χ0v) is 21.4. The van der Waals surface area contributed by atoms with E-state index in [1.165, 1.54) is 43.1 Å². The largest absolute Gasteiger partial charge is 0.487 e. The van der Waals surface area contributed by atoms with Gasteiger partial charge in [0, 0.05) is 17.7 Å². The van der Waals surface area contributed by atoms with E-state index in [1.807, 2.05) is 19.1 Å². The van der Waals surface area contributed by atoms with Crippen LogP contribution in [0.1, 0.15) is 16.2 Å². The Morgan fingerprint density at radius 3 is 2.56 bits per heavy atom. The molecule has 5 rings (SSSR count). The number of nitrogens with two attached hydrogens (primary N) is 1. The number of thiazole rings is 1. The predicted molar refractivity (Wildman–Crippen MR) is 140 cm³/mol. The number of ether oxygens (including phenoxy) is 3. The van der Waals surface area contributed by atoms with Crippen LogP contribution in [0.15, 0.2) is 42.9 Å². The molecule has 198 valence electrons. The Balaban J connectivity index is 1.25. The maximum atomic E-state index is 14.7. The van der Waals surface area contributed by atoms with Crippen molar-refractivity contribution in [3.63, 3.8) is 0 Å². The number of nitrogens with one attached hydrogen (secondary N) is 1. The van der Waals surface area contributed by atoms with Crippen LogP contribution in [0.4, 0.5) is 14.9 Å². The number of rotatable bonds is 8. The summed E-state index contributed by atoms with van der Waals surface area (Å²) in [6, 6.07) is 6.70. The molecule has 0 saturated carbocycles. The highest BCUT2D eigenvalue weighted by Gasteiger charge is 2.16. The highest BCUT2D eigenvalue weighted by molar-refractivity contribution is 7.21. The average molecular weight is 550 g/mol. The van der Waals surface area contributed by atoms with E-state index in [-0.39, 0.29) is 30.5 Å². The molecular weight excluding hydrogens is 529 g/mol. The summed E-state index contributed by atoms with van der Waals surface area (Å²) in [5, 5.41) is 3.05. The molecule has 2 amide bonds. The summed E-state index contributed by atoms with van der Waals surface area (Å²) in [5.41, 5.74) is 8.80. The summed E-state index contributed by atoms with van der Waals surface area (Å²) in [4.78, 5) is 43.9. The second kappa shape index (κ2) is 10.8. The number of carbonyl (C=O) groups excluding carboxylic acids is 2. The van der Waals surface area contributed by atoms with Crippen molar-refractivity contribution in [2.45, 2.75) is 6.92 Å². The van der Waals surface area contributed by atoms with Crippen LogP contribution in [-0.2, 0) is 4.74 Å². The summed E-state index contributed by atoms with van der Waals surface area (Å²) >= 11 is 1.36. The Labute approximate surface area is 224 Å². The van der Waals surface area contributed by atoms with Gasteiger partial charge in [0.25, 0.3) is 5.91 Å². The van der Waals surface area contributed by atoms with Crippen molar-refractivity contribution in [3.05, 3.63) is 60.1 Å². The molecule has 0 bridgehead atoms. The van der Waals surface area contributed by atoms with Crippen molar-refractivity contribution in [1.29, 1.82) is 0 Å². The number of amides is 2. The van der Waals surface area contributed by atoms with Gasteiger partial charge in [-0.1, -0.05) is 0 Å². The molecule has 3 N–H and O–H groups in total. The Morgan fingerprint density at radius 2 is 1.82 bits per heavy atom. The van der Waals surface area contributed by atoms with Crippen molar-refractivity contribution in [2.75, 3.05) is 25.6 Å². The van der Waals surface area contributed by atoms with Gasteiger partial charge >= 0.3 is 6.09 Å². The Kier molecular flexibility index (Phi) is 7.10. The summed E-state index contributed by atoms with van der Waals surface area (Å²) in [7, 11) is 1.53. The molecule has 3 aromatic heterocycles. The molecular formula is C25H20FN7O5S. The van der Waals surface area contributed by atoms with E-state index in [0.717, 1.165) is 11.1 Å².